The first-order valence-corrected chi connectivity index (χ1v) is 28.2. The van der Waals surface area contributed by atoms with Crippen LogP contribution in [0.2, 0.25) is 0 Å². The zero-order valence-electron chi connectivity index (χ0n) is 45.3. The lowest BCUT2D eigenvalue weighted by Crippen LogP contribution is -2.64. The molecule has 4 fully saturated rings. The molecule has 1 spiro atoms. The first-order chi connectivity index (χ1) is 36.6. The largest absolute Gasteiger partial charge is 0.391 e. The van der Waals surface area contributed by atoms with Crippen LogP contribution in [0.5, 0.6) is 0 Å². The molecule has 408 valence electrons. The third-order valence-corrected chi connectivity index (χ3v) is 17.8. The van der Waals surface area contributed by atoms with Crippen LogP contribution < -0.4 is 15.5 Å². The number of ether oxygens (including phenoxy) is 5. The maximum atomic E-state index is 14.0. The van der Waals surface area contributed by atoms with Gasteiger partial charge in [0.25, 0.3) is 0 Å². The molecule has 1 aromatic heterocycles. The van der Waals surface area contributed by atoms with Crippen molar-refractivity contribution in [3.8, 4) is 22.3 Å². The number of fused-ring (bicyclic) bond motifs is 3. The first-order valence-electron chi connectivity index (χ1n) is 27.3. The smallest absolute Gasteiger partial charge is 0.246 e. The fourth-order valence-electron chi connectivity index (χ4n) is 12.9. The van der Waals surface area contributed by atoms with Crippen molar-refractivity contribution in [3.05, 3.63) is 93.7 Å². The molecule has 0 unspecified atom stereocenters. The van der Waals surface area contributed by atoms with E-state index in [1.54, 1.807) is 16.9 Å². The molecule has 6 aliphatic rings. The lowest BCUT2D eigenvalue weighted by Gasteiger charge is -2.61. The van der Waals surface area contributed by atoms with Crippen molar-refractivity contribution >= 4 is 40.5 Å². The number of ketones is 1. The van der Waals surface area contributed by atoms with Crippen LogP contribution in [0, 0.1) is 41.4 Å². The van der Waals surface area contributed by atoms with Gasteiger partial charge in [-0.05, 0) is 116 Å². The Hall–Kier alpha value is -5.25. The summed E-state index contributed by atoms with van der Waals surface area (Å²) >= 11 is 1.58. The van der Waals surface area contributed by atoms with Crippen LogP contribution in [0.25, 0.3) is 10.4 Å². The van der Waals surface area contributed by atoms with Crippen molar-refractivity contribution in [2.45, 2.75) is 122 Å². The fourth-order valence-corrected chi connectivity index (χ4v) is 13.8. The molecule has 0 radical (unpaired) electrons. The summed E-state index contributed by atoms with van der Waals surface area (Å²) in [5.41, 5.74) is 10.6. The summed E-state index contributed by atoms with van der Waals surface area (Å²) in [6.45, 7) is 13.5. The number of aliphatic hydroxyl groups is 1. The van der Waals surface area contributed by atoms with Crippen molar-refractivity contribution in [2.24, 2.45) is 22.7 Å². The minimum absolute atomic E-state index is 0.0112. The van der Waals surface area contributed by atoms with E-state index in [1.807, 2.05) is 70.5 Å². The molecule has 3 amide bonds. The van der Waals surface area contributed by atoms with Crippen molar-refractivity contribution in [1.82, 2.24) is 20.5 Å². The Kier molecular flexibility index (Phi) is 17.7. The molecule has 2 saturated heterocycles. The number of allylic oxidation sites excluding steroid dienone is 4. The van der Waals surface area contributed by atoms with Crippen LogP contribution in [-0.4, -0.2) is 142 Å². The fraction of sp³-hybridized carbons (Fsp3) is 0.583. The molecule has 15 nitrogen and oxygen atoms in total. The number of thiazole rings is 1. The molecule has 4 aliphatic carbocycles. The van der Waals surface area contributed by atoms with E-state index in [1.165, 1.54) is 21.6 Å². The average molecular weight is 1060 g/mol. The number of benzene rings is 2. The number of carbonyl (C=O) groups excluding carboxylic acids is 4. The number of aryl methyl sites for hydroxylation is 1. The number of amides is 3. The Morgan fingerprint density at radius 3 is 2.33 bits per heavy atom. The van der Waals surface area contributed by atoms with Gasteiger partial charge >= 0.3 is 0 Å². The number of hydrogen-bond donors (Lipinski definition) is 3. The zero-order chi connectivity index (χ0) is 53.6. The van der Waals surface area contributed by atoms with Crippen LogP contribution in [0.1, 0.15) is 102 Å². The van der Waals surface area contributed by atoms with E-state index in [2.05, 4.69) is 63.7 Å². The first kappa shape index (κ1) is 55.5. The molecule has 2 aliphatic heterocycles. The quantitative estimate of drug-likeness (QED) is 0.0688. The average Bonchev–Trinajstić information content (AvgIpc) is 4.25. The molecule has 0 bridgehead atoms. The summed E-state index contributed by atoms with van der Waals surface area (Å²) in [7, 11) is 2.09. The number of aromatic nitrogens is 1. The number of aliphatic hydroxyl groups excluding tert-OH is 1. The van der Waals surface area contributed by atoms with Gasteiger partial charge in [-0.2, -0.15) is 0 Å². The minimum atomic E-state index is -0.960. The van der Waals surface area contributed by atoms with E-state index in [4.69, 9.17) is 23.7 Å². The van der Waals surface area contributed by atoms with Gasteiger partial charge in [0.1, 0.15) is 24.3 Å². The normalized spacial score (nSPS) is 26.0. The van der Waals surface area contributed by atoms with E-state index in [-0.39, 0.29) is 68.0 Å². The molecular formula is C60H77N5O10S. The molecule has 3 N–H and O–H groups in total. The van der Waals surface area contributed by atoms with Gasteiger partial charge in [0.15, 0.2) is 5.78 Å². The second kappa shape index (κ2) is 24.2. The second-order valence-corrected chi connectivity index (χ2v) is 23.5. The number of anilines is 1. The van der Waals surface area contributed by atoms with E-state index >= 15 is 0 Å². The monoisotopic (exact) mass is 1060 g/mol. The highest BCUT2D eigenvalue weighted by atomic mass is 32.1. The number of nitrogens with zero attached hydrogens (tertiary/aromatic N) is 3. The molecule has 76 heavy (non-hydrogen) atoms. The molecular weight excluding hydrogens is 983 g/mol. The lowest BCUT2D eigenvalue weighted by atomic mass is 9.49. The standard InChI is InChI=1S/C60H77N5O10S/c1-7-21-60-22-20-50-48-18-14-43-31-45(66)17-19-47(43)53(48)49(33-59(50,60)37-75-60)41-12-15-44(16-13-41)64(6)23-24-71-25-26-72-27-28-73-29-30-74-36-52(68)63-55(58(3,4)5)57(70)65-35-46(67)32-51(65)56(69)61-34-40-8-10-42(11-9-40)54-39(2)62-38-76-54/h8-13,15-16,31,38,46,48-51,55,67H,14,17-20,22-30,32-37H2,1-6H3,(H,61,69)(H,63,68)/t46-,48+,49-,50+,51+,55-,59-,60+/m1/s1. The van der Waals surface area contributed by atoms with Gasteiger partial charge < -0.3 is 49.2 Å². The predicted octanol–water partition coefficient (Wildman–Crippen LogP) is 7.10. The third-order valence-electron chi connectivity index (χ3n) is 16.8. The number of likely N-dealkylation sites (N-methyl/N-ethyl adjacent to an activating group) is 1. The molecule has 2 saturated carbocycles. The Morgan fingerprint density at radius 2 is 1.67 bits per heavy atom. The van der Waals surface area contributed by atoms with E-state index in [9.17, 15) is 24.3 Å². The van der Waals surface area contributed by atoms with Crippen molar-refractivity contribution in [1.29, 1.82) is 0 Å². The van der Waals surface area contributed by atoms with Crippen LogP contribution in [-0.2, 0) is 49.4 Å². The SMILES string of the molecule is CC#C[C@]12CC[C@H]3[C@@H]4CCC5=CC(=O)CCC5=C4[C@@H](c4ccc(N(C)CCOCCOCCOCCOCC(=O)N[C@H](C(=O)N5C[C@H](O)C[C@H]5C(=O)NCc5ccc(-c6scnc6C)cc5)C(C)(C)C)cc4)C[C@@]31CO2. The predicted molar refractivity (Wildman–Crippen MR) is 291 cm³/mol. The number of hydrogen-bond acceptors (Lipinski definition) is 13. The molecule has 8 atom stereocenters. The summed E-state index contributed by atoms with van der Waals surface area (Å²) in [5, 5.41) is 16.3. The van der Waals surface area contributed by atoms with Crippen molar-refractivity contribution < 1.29 is 48.0 Å². The number of rotatable bonds is 22. The topological polar surface area (TPSA) is 178 Å². The number of carbonyl (C=O) groups is 4. The van der Waals surface area contributed by atoms with Gasteiger partial charge in [0, 0.05) is 56.5 Å². The van der Waals surface area contributed by atoms with Crippen molar-refractivity contribution in [2.75, 3.05) is 84.5 Å². The van der Waals surface area contributed by atoms with E-state index in [0.717, 1.165) is 79.1 Å². The van der Waals surface area contributed by atoms with Crippen molar-refractivity contribution in [3.63, 3.8) is 0 Å². The molecule has 2 aromatic carbocycles. The Balaban J connectivity index is 0.645. The van der Waals surface area contributed by atoms with Gasteiger partial charge in [0.2, 0.25) is 17.7 Å². The highest BCUT2D eigenvalue weighted by Crippen LogP contribution is 2.71. The van der Waals surface area contributed by atoms with E-state index in [0.29, 0.717) is 51.3 Å². The number of nitrogens with one attached hydrogen (secondary N) is 2. The van der Waals surface area contributed by atoms with Crippen LogP contribution in [0.15, 0.2) is 76.8 Å². The zero-order valence-corrected chi connectivity index (χ0v) is 46.1. The molecule has 3 aromatic rings. The molecule has 9 rings (SSSR count). The third kappa shape index (κ3) is 11.9. The second-order valence-electron chi connectivity index (χ2n) is 22.6. The Labute approximate surface area is 452 Å². The lowest BCUT2D eigenvalue weighted by molar-refractivity contribution is -0.245. The molecule has 3 heterocycles. The Morgan fingerprint density at radius 1 is 0.961 bits per heavy atom. The summed E-state index contributed by atoms with van der Waals surface area (Å²) in [5.74, 6) is 7.18. The maximum absolute atomic E-state index is 14.0. The van der Waals surface area contributed by atoms with Gasteiger partial charge in [-0.25, -0.2) is 4.98 Å². The highest BCUT2D eigenvalue weighted by molar-refractivity contribution is 7.13. The maximum Gasteiger partial charge on any atom is 0.246 e. The summed E-state index contributed by atoms with van der Waals surface area (Å²) in [4.78, 5) is 62.0. The summed E-state index contributed by atoms with van der Waals surface area (Å²) in [6, 6.07) is 15.1. The number of β-amino-alcohol motifs (C(OH)–C–C–N with tert-alkyl or cyclic N) is 1. The number of likely N-dealkylation sites (tertiary alicyclic amines) is 1. The van der Waals surface area contributed by atoms with Gasteiger partial charge in [0.05, 0.1) is 75.0 Å². The Bertz CT molecular complexity index is 2700. The van der Waals surface area contributed by atoms with Crippen LogP contribution in [0.4, 0.5) is 5.69 Å². The van der Waals surface area contributed by atoms with Crippen LogP contribution >= 0.6 is 11.3 Å². The van der Waals surface area contributed by atoms with Gasteiger partial charge in [-0.15, -0.1) is 17.3 Å². The molecule has 16 heteroatoms. The summed E-state index contributed by atoms with van der Waals surface area (Å²) < 4.78 is 29.3. The van der Waals surface area contributed by atoms with Gasteiger partial charge in [-0.3, -0.25) is 19.2 Å². The van der Waals surface area contributed by atoms with E-state index < -0.39 is 35.4 Å². The van der Waals surface area contributed by atoms with Crippen LogP contribution in [0.3, 0.4) is 0 Å². The minimum Gasteiger partial charge on any atom is -0.391 e. The van der Waals surface area contributed by atoms with Gasteiger partial charge in [-0.1, -0.05) is 68.7 Å². The summed E-state index contributed by atoms with van der Waals surface area (Å²) in [6.07, 6.45) is 7.98. The highest BCUT2D eigenvalue weighted by Gasteiger charge is 2.71.